The quantitative estimate of drug-likeness (QED) is 0.872. The molecule has 0 bridgehead atoms. The van der Waals surface area contributed by atoms with Gasteiger partial charge in [-0.2, -0.15) is 5.10 Å². The molecule has 3 heterocycles. The van der Waals surface area contributed by atoms with Crippen molar-refractivity contribution in [3.05, 3.63) is 17.8 Å². The molecule has 2 fully saturated rings. The summed E-state index contributed by atoms with van der Waals surface area (Å²) in [5, 5.41) is 11.7. The number of anilines is 1. The van der Waals surface area contributed by atoms with E-state index in [0.29, 0.717) is 6.04 Å². The summed E-state index contributed by atoms with van der Waals surface area (Å²) in [4.78, 5) is 16.6. The summed E-state index contributed by atoms with van der Waals surface area (Å²) >= 11 is 0. The Balaban J connectivity index is 0.00000144. The summed E-state index contributed by atoms with van der Waals surface area (Å²) in [5.41, 5.74) is 0.932. The summed E-state index contributed by atoms with van der Waals surface area (Å²) in [5.74, 6) is 1.20. The minimum Gasteiger partial charge on any atom is -0.355 e. The van der Waals surface area contributed by atoms with Gasteiger partial charge in [-0.3, -0.25) is 4.79 Å². The predicted molar refractivity (Wildman–Crippen MR) is 100 cm³/mol. The number of aryl methyl sites for hydroxylation is 1. The van der Waals surface area contributed by atoms with Crippen LogP contribution < -0.4 is 10.2 Å². The third-order valence-electron chi connectivity index (χ3n) is 4.83. The van der Waals surface area contributed by atoms with Crippen LogP contribution in [-0.4, -0.2) is 59.8 Å². The lowest BCUT2D eigenvalue weighted by Crippen LogP contribution is -2.50. The first kappa shape index (κ1) is 20.9. The zero-order valence-corrected chi connectivity index (χ0v) is 15.9. The molecule has 2 aliphatic heterocycles. The van der Waals surface area contributed by atoms with E-state index in [4.69, 9.17) is 0 Å². The van der Waals surface area contributed by atoms with Crippen molar-refractivity contribution in [2.75, 3.05) is 31.6 Å². The van der Waals surface area contributed by atoms with E-state index in [2.05, 4.69) is 27.5 Å². The van der Waals surface area contributed by atoms with Gasteiger partial charge in [0.15, 0.2) is 5.82 Å². The Labute approximate surface area is 156 Å². The average Bonchev–Trinajstić information content (AvgIpc) is 3.09. The fourth-order valence-corrected chi connectivity index (χ4v) is 3.36. The number of hydrogen-bond acceptors (Lipinski definition) is 5. The fraction of sp³-hybridized carbons (Fsp3) is 0.688. The van der Waals surface area contributed by atoms with Crippen molar-refractivity contribution in [2.45, 2.75) is 44.7 Å². The van der Waals surface area contributed by atoms with E-state index in [1.165, 1.54) is 0 Å². The third-order valence-corrected chi connectivity index (χ3v) is 4.83. The normalized spacial score (nSPS) is 20.9. The van der Waals surface area contributed by atoms with Crippen LogP contribution in [0, 0.1) is 6.92 Å². The molecule has 1 N–H and O–H groups in total. The smallest absolute Gasteiger partial charge is 0.239 e. The van der Waals surface area contributed by atoms with Crippen LogP contribution in [0.2, 0.25) is 0 Å². The molecule has 0 spiro atoms. The Kier molecular flexibility index (Phi) is 8.19. The van der Waals surface area contributed by atoms with Crippen LogP contribution in [0.4, 0.5) is 5.82 Å². The van der Waals surface area contributed by atoms with Crippen molar-refractivity contribution in [3.8, 4) is 0 Å². The van der Waals surface area contributed by atoms with Gasteiger partial charge in [0.1, 0.15) is 0 Å². The molecular formula is C16H27Cl2N5O. The van der Waals surface area contributed by atoms with Crippen LogP contribution >= 0.6 is 24.8 Å². The number of nitrogens with one attached hydrogen (secondary N) is 1. The maximum atomic E-state index is 12.4. The first-order valence-electron chi connectivity index (χ1n) is 8.20. The Morgan fingerprint density at radius 1 is 1.21 bits per heavy atom. The predicted octanol–water partition coefficient (Wildman–Crippen LogP) is 1.81. The van der Waals surface area contributed by atoms with E-state index >= 15 is 0 Å². The van der Waals surface area contributed by atoms with Crippen molar-refractivity contribution >= 4 is 36.5 Å². The molecule has 136 valence electrons. The van der Waals surface area contributed by atoms with E-state index < -0.39 is 0 Å². The van der Waals surface area contributed by atoms with Crippen molar-refractivity contribution in [1.82, 2.24) is 20.4 Å². The second-order valence-electron chi connectivity index (χ2n) is 6.35. The van der Waals surface area contributed by atoms with Crippen LogP contribution in [0.1, 0.15) is 31.4 Å². The van der Waals surface area contributed by atoms with E-state index in [1.54, 1.807) is 0 Å². The maximum absolute atomic E-state index is 12.4. The molecule has 0 aromatic carbocycles. The van der Waals surface area contributed by atoms with E-state index in [1.807, 2.05) is 24.0 Å². The molecule has 24 heavy (non-hydrogen) atoms. The maximum Gasteiger partial charge on any atom is 0.239 e. The van der Waals surface area contributed by atoms with Crippen molar-refractivity contribution in [1.29, 1.82) is 0 Å². The molecule has 1 aromatic rings. The van der Waals surface area contributed by atoms with Gasteiger partial charge in [-0.1, -0.05) is 0 Å². The number of aromatic nitrogens is 2. The number of amides is 1. The van der Waals surface area contributed by atoms with Gasteiger partial charge in [0.2, 0.25) is 5.91 Å². The monoisotopic (exact) mass is 375 g/mol. The van der Waals surface area contributed by atoms with Gasteiger partial charge in [-0.05, 0) is 51.3 Å². The summed E-state index contributed by atoms with van der Waals surface area (Å²) in [6.45, 7) is 4.59. The van der Waals surface area contributed by atoms with Gasteiger partial charge in [0.05, 0.1) is 11.7 Å². The second-order valence-corrected chi connectivity index (χ2v) is 6.35. The zero-order chi connectivity index (χ0) is 15.5. The van der Waals surface area contributed by atoms with Crippen LogP contribution in [0.5, 0.6) is 0 Å². The number of piperidine rings is 1. The Hall–Kier alpha value is -1.11. The molecule has 0 radical (unpaired) electrons. The number of halogens is 2. The van der Waals surface area contributed by atoms with Crippen molar-refractivity contribution < 1.29 is 4.79 Å². The minimum absolute atomic E-state index is 0. The van der Waals surface area contributed by atoms with Crippen molar-refractivity contribution in [3.63, 3.8) is 0 Å². The number of nitrogens with zero attached hydrogens (tertiary/aromatic N) is 4. The molecule has 0 saturated carbocycles. The fourth-order valence-electron chi connectivity index (χ4n) is 3.36. The molecule has 8 heteroatoms. The van der Waals surface area contributed by atoms with Crippen molar-refractivity contribution in [2.24, 2.45) is 0 Å². The number of carbonyl (C=O) groups excluding carboxylic acids is 1. The van der Waals surface area contributed by atoms with Crippen LogP contribution in [0.25, 0.3) is 0 Å². The summed E-state index contributed by atoms with van der Waals surface area (Å²) in [6.07, 6.45) is 4.08. The van der Waals surface area contributed by atoms with E-state index in [9.17, 15) is 4.79 Å². The minimum atomic E-state index is 0. The highest BCUT2D eigenvalue weighted by Crippen LogP contribution is 2.21. The SMILES string of the molecule is Cc1ccc(N(C)C2CCN(C(=O)C3CCCN3)CC2)nn1.Cl.Cl. The average molecular weight is 376 g/mol. The molecule has 1 unspecified atom stereocenters. The Morgan fingerprint density at radius 2 is 1.92 bits per heavy atom. The van der Waals surface area contributed by atoms with Crippen LogP contribution in [0.3, 0.4) is 0 Å². The van der Waals surface area contributed by atoms with Gasteiger partial charge in [-0.25, -0.2) is 0 Å². The number of hydrogen-bond donors (Lipinski definition) is 1. The Bertz CT molecular complexity index is 514. The molecule has 3 rings (SSSR count). The Morgan fingerprint density at radius 3 is 2.46 bits per heavy atom. The molecule has 1 aromatic heterocycles. The first-order chi connectivity index (χ1) is 10.6. The lowest BCUT2D eigenvalue weighted by atomic mass is 10.0. The van der Waals surface area contributed by atoms with Gasteiger partial charge >= 0.3 is 0 Å². The largest absolute Gasteiger partial charge is 0.355 e. The van der Waals surface area contributed by atoms with E-state index in [0.717, 1.165) is 56.8 Å². The highest BCUT2D eigenvalue weighted by atomic mass is 35.5. The molecule has 2 aliphatic rings. The zero-order valence-electron chi connectivity index (χ0n) is 14.3. The lowest BCUT2D eigenvalue weighted by molar-refractivity contribution is -0.134. The molecule has 1 atom stereocenters. The van der Waals surface area contributed by atoms with E-state index in [-0.39, 0.29) is 36.8 Å². The third kappa shape index (κ3) is 4.71. The first-order valence-corrected chi connectivity index (χ1v) is 8.20. The number of carbonyl (C=O) groups is 1. The summed E-state index contributed by atoms with van der Waals surface area (Å²) in [6, 6.07) is 4.49. The molecule has 1 amide bonds. The van der Waals surface area contributed by atoms with Gasteiger partial charge in [-0.15, -0.1) is 29.9 Å². The molecular weight excluding hydrogens is 349 g/mol. The van der Waals surface area contributed by atoms with Crippen LogP contribution in [-0.2, 0) is 4.79 Å². The molecule has 6 nitrogen and oxygen atoms in total. The highest BCUT2D eigenvalue weighted by molar-refractivity contribution is 5.85. The second kappa shape index (κ2) is 9.39. The topological polar surface area (TPSA) is 61.4 Å². The van der Waals surface area contributed by atoms with Gasteiger partial charge < -0.3 is 15.1 Å². The summed E-state index contributed by atoms with van der Waals surface area (Å²) in [7, 11) is 2.07. The van der Waals surface area contributed by atoms with Gasteiger partial charge in [0, 0.05) is 26.2 Å². The van der Waals surface area contributed by atoms with Gasteiger partial charge in [0.25, 0.3) is 0 Å². The molecule has 2 saturated heterocycles. The number of rotatable bonds is 3. The lowest BCUT2D eigenvalue weighted by Gasteiger charge is -2.38. The number of likely N-dealkylation sites (tertiary alicyclic amines) is 1. The van der Waals surface area contributed by atoms with Crippen LogP contribution in [0.15, 0.2) is 12.1 Å². The standard InChI is InChI=1S/C16H25N5O.2ClH/c1-12-5-6-15(19-18-12)20(2)13-7-10-21(11-8-13)16(22)14-4-3-9-17-14;;/h5-6,13-14,17H,3-4,7-11H2,1-2H3;2*1H. The highest BCUT2D eigenvalue weighted by Gasteiger charge is 2.31. The summed E-state index contributed by atoms with van der Waals surface area (Å²) < 4.78 is 0. The molecule has 0 aliphatic carbocycles.